The number of hydrogen-bond donors (Lipinski definition) is 0. The zero-order chi connectivity index (χ0) is 11.4. The molecule has 0 aliphatic carbocycles. The van der Waals surface area contributed by atoms with Crippen molar-refractivity contribution in [2.45, 2.75) is 0 Å². The second-order valence-electron chi connectivity index (χ2n) is 3.48. The van der Waals surface area contributed by atoms with Gasteiger partial charge in [-0.05, 0) is 28.8 Å². The van der Waals surface area contributed by atoms with E-state index in [0.717, 1.165) is 16.7 Å². The molecule has 1 heteroatoms. The standard InChI is InChI=1S/C15H11N/c1-2-13-7-3-4-9-15(13)14-8-5-6-12(10-14)11-16/h2-10H,1H2. The SMILES string of the molecule is C=Cc1ccccc1-c1cccc(C#N)c1. The van der Waals surface area contributed by atoms with Gasteiger partial charge in [0.05, 0.1) is 11.6 Å². The molecule has 0 aliphatic rings. The van der Waals surface area contributed by atoms with Crippen LogP contribution in [0.1, 0.15) is 11.1 Å². The summed E-state index contributed by atoms with van der Waals surface area (Å²) in [6.07, 6.45) is 1.83. The molecule has 0 spiro atoms. The topological polar surface area (TPSA) is 23.8 Å². The van der Waals surface area contributed by atoms with Gasteiger partial charge in [0, 0.05) is 0 Å². The third kappa shape index (κ3) is 1.87. The predicted molar refractivity (Wildman–Crippen MR) is 66.7 cm³/mol. The quantitative estimate of drug-likeness (QED) is 0.730. The van der Waals surface area contributed by atoms with E-state index in [2.05, 4.69) is 12.6 Å². The molecule has 0 heterocycles. The molecule has 0 amide bonds. The van der Waals surface area contributed by atoms with Crippen LogP contribution in [0.25, 0.3) is 17.2 Å². The molecule has 2 rings (SSSR count). The Morgan fingerprint density at radius 2 is 1.88 bits per heavy atom. The van der Waals surface area contributed by atoms with E-state index >= 15 is 0 Å². The van der Waals surface area contributed by atoms with Crippen LogP contribution in [0, 0.1) is 11.3 Å². The van der Waals surface area contributed by atoms with Crippen LogP contribution in [-0.2, 0) is 0 Å². The average molecular weight is 205 g/mol. The Labute approximate surface area is 95.3 Å². The van der Waals surface area contributed by atoms with E-state index in [-0.39, 0.29) is 0 Å². The third-order valence-corrected chi connectivity index (χ3v) is 2.48. The van der Waals surface area contributed by atoms with E-state index < -0.39 is 0 Å². The summed E-state index contributed by atoms with van der Waals surface area (Å²) in [7, 11) is 0. The molecular formula is C15H11N. The zero-order valence-corrected chi connectivity index (χ0v) is 8.85. The Hall–Kier alpha value is -2.33. The minimum absolute atomic E-state index is 0.677. The van der Waals surface area contributed by atoms with Gasteiger partial charge in [0.25, 0.3) is 0 Å². The summed E-state index contributed by atoms with van der Waals surface area (Å²) in [6, 6.07) is 17.8. The highest BCUT2D eigenvalue weighted by atomic mass is 14.2. The van der Waals surface area contributed by atoms with E-state index in [0.29, 0.717) is 5.56 Å². The first-order valence-corrected chi connectivity index (χ1v) is 5.07. The van der Waals surface area contributed by atoms with Gasteiger partial charge in [-0.1, -0.05) is 49.1 Å². The smallest absolute Gasteiger partial charge is 0.0991 e. The Kier molecular flexibility index (Phi) is 2.84. The lowest BCUT2D eigenvalue weighted by molar-refractivity contribution is 1.48. The summed E-state index contributed by atoms with van der Waals surface area (Å²) < 4.78 is 0. The number of nitriles is 1. The highest BCUT2D eigenvalue weighted by Gasteiger charge is 2.02. The van der Waals surface area contributed by atoms with E-state index in [9.17, 15) is 0 Å². The first-order valence-electron chi connectivity index (χ1n) is 5.07. The highest BCUT2D eigenvalue weighted by Crippen LogP contribution is 2.24. The van der Waals surface area contributed by atoms with E-state index in [4.69, 9.17) is 5.26 Å². The van der Waals surface area contributed by atoms with Crippen molar-refractivity contribution in [2.75, 3.05) is 0 Å². The van der Waals surface area contributed by atoms with Gasteiger partial charge in [-0.25, -0.2) is 0 Å². The summed E-state index contributed by atoms with van der Waals surface area (Å²) >= 11 is 0. The molecule has 0 saturated carbocycles. The van der Waals surface area contributed by atoms with Crippen LogP contribution in [0.4, 0.5) is 0 Å². The van der Waals surface area contributed by atoms with E-state index in [1.807, 2.05) is 48.5 Å². The monoisotopic (exact) mass is 205 g/mol. The van der Waals surface area contributed by atoms with Crippen molar-refractivity contribution in [2.24, 2.45) is 0 Å². The Morgan fingerprint density at radius 1 is 1.06 bits per heavy atom. The minimum atomic E-state index is 0.677. The molecule has 1 nitrogen and oxygen atoms in total. The number of nitrogens with zero attached hydrogens (tertiary/aromatic N) is 1. The zero-order valence-electron chi connectivity index (χ0n) is 8.85. The van der Waals surface area contributed by atoms with Crippen LogP contribution in [-0.4, -0.2) is 0 Å². The molecule has 0 aliphatic heterocycles. The summed E-state index contributed by atoms with van der Waals surface area (Å²) in [5.74, 6) is 0. The molecule has 0 bridgehead atoms. The van der Waals surface area contributed by atoms with Crippen LogP contribution >= 0.6 is 0 Å². The van der Waals surface area contributed by atoms with Crippen molar-refractivity contribution in [3.05, 3.63) is 66.2 Å². The molecule has 0 unspecified atom stereocenters. The minimum Gasteiger partial charge on any atom is -0.192 e. The lowest BCUT2D eigenvalue weighted by atomic mass is 9.98. The Bertz CT molecular complexity index is 562. The molecule has 76 valence electrons. The number of benzene rings is 2. The van der Waals surface area contributed by atoms with Crippen LogP contribution in [0.15, 0.2) is 55.1 Å². The predicted octanol–water partition coefficient (Wildman–Crippen LogP) is 3.87. The van der Waals surface area contributed by atoms with E-state index in [1.165, 1.54) is 0 Å². The van der Waals surface area contributed by atoms with Crippen molar-refractivity contribution in [3.8, 4) is 17.2 Å². The van der Waals surface area contributed by atoms with Crippen LogP contribution < -0.4 is 0 Å². The summed E-state index contributed by atoms with van der Waals surface area (Å²) in [5.41, 5.74) is 3.91. The molecule has 0 radical (unpaired) electrons. The normalized spacial score (nSPS) is 9.44. The van der Waals surface area contributed by atoms with Gasteiger partial charge in [0.1, 0.15) is 0 Å². The maximum absolute atomic E-state index is 8.87. The summed E-state index contributed by atoms with van der Waals surface area (Å²) in [6.45, 7) is 3.79. The lowest BCUT2D eigenvalue weighted by Gasteiger charge is -2.05. The fraction of sp³-hybridized carbons (Fsp3) is 0. The molecular weight excluding hydrogens is 194 g/mol. The largest absolute Gasteiger partial charge is 0.192 e. The molecule has 16 heavy (non-hydrogen) atoms. The van der Waals surface area contributed by atoms with Gasteiger partial charge in [0.2, 0.25) is 0 Å². The average Bonchev–Trinajstić information content (AvgIpc) is 2.38. The van der Waals surface area contributed by atoms with Crippen molar-refractivity contribution in [1.82, 2.24) is 0 Å². The molecule has 2 aromatic carbocycles. The third-order valence-electron chi connectivity index (χ3n) is 2.48. The molecule has 0 aromatic heterocycles. The molecule has 0 N–H and O–H groups in total. The second kappa shape index (κ2) is 4.46. The first-order chi connectivity index (χ1) is 7.85. The maximum Gasteiger partial charge on any atom is 0.0991 e. The second-order valence-corrected chi connectivity index (χ2v) is 3.48. The van der Waals surface area contributed by atoms with Crippen molar-refractivity contribution >= 4 is 6.08 Å². The van der Waals surface area contributed by atoms with Gasteiger partial charge >= 0.3 is 0 Å². The van der Waals surface area contributed by atoms with Gasteiger partial charge in [-0.2, -0.15) is 5.26 Å². The van der Waals surface area contributed by atoms with Gasteiger partial charge < -0.3 is 0 Å². The molecule has 0 fully saturated rings. The van der Waals surface area contributed by atoms with Crippen LogP contribution in [0.3, 0.4) is 0 Å². The number of hydrogen-bond acceptors (Lipinski definition) is 1. The van der Waals surface area contributed by atoms with Gasteiger partial charge in [-0.3, -0.25) is 0 Å². The van der Waals surface area contributed by atoms with Gasteiger partial charge in [0.15, 0.2) is 0 Å². The fourth-order valence-electron chi connectivity index (χ4n) is 1.69. The van der Waals surface area contributed by atoms with Crippen LogP contribution in [0.5, 0.6) is 0 Å². The molecule has 0 atom stereocenters. The van der Waals surface area contributed by atoms with Gasteiger partial charge in [-0.15, -0.1) is 0 Å². The van der Waals surface area contributed by atoms with Crippen molar-refractivity contribution in [1.29, 1.82) is 5.26 Å². The van der Waals surface area contributed by atoms with Crippen LogP contribution in [0.2, 0.25) is 0 Å². The fourth-order valence-corrected chi connectivity index (χ4v) is 1.69. The lowest BCUT2D eigenvalue weighted by Crippen LogP contribution is -1.83. The summed E-state index contributed by atoms with van der Waals surface area (Å²) in [4.78, 5) is 0. The maximum atomic E-state index is 8.87. The van der Waals surface area contributed by atoms with Crippen molar-refractivity contribution < 1.29 is 0 Å². The Morgan fingerprint density at radius 3 is 2.62 bits per heavy atom. The highest BCUT2D eigenvalue weighted by molar-refractivity contribution is 5.75. The van der Waals surface area contributed by atoms with E-state index in [1.54, 1.807) is 6.07 Å². The number of rotatable bonds is 2. The van der Waals surface area contributed by atoms with Crippen molar-refractivity contribution in [3.63, 3.8) is 0 Å². The summed E-state index contributed by atoms with van der Waals surface area (Å²) in [5, 5.41) is 8.87. The molecule has 2 aromatic rings. The first kappa shape index (κ1) is 10.2. The molecule has 0 saturated heterocycles. The Balaban J connectivity index is 2.59.